The second-order valence-electron chi connectivity index (χ2n) is 5.84. The first kappa shape index (κ1) is 15.1. The number of nitrogens with two attached hydrogens (primary N) is 2. The number of carbonyl (C=O) groups is 2. The van der Waals surface area contributed by atoms with E-state index in [-0.39, 0.29) is 11.4 Å². The van der Waals surface area contributed by atoms with Gasteiger partial charge in [-0.15, -0.1) is 0 Å². The number of pyridine rings is 2. The van der Waals surface area contributed by atoms with Gasteiger partial charge in [0.15, 0.2) is 5.69 Å². The summed E-state index contributed by atoms with van der Waals surface area (Å²) >= 11 is 0. The number of anilines is 2. The van der Waals surface area contributed by atoms with Crippen molar-refractivity contribution in [3.8, 4) is 11.1 Å². The van der Waals surface area contributed by atoms with Crippen LogP contribution in [-0.4, -0.2) is 28.8 Å². The van der Waals surface area contributed by atoms with Crippen LogP contribution in [0.3, 0.4) is 0 Å². The van der Waals surface area contributed by atoms with Gasteiger partial charge in [0, 0.05) is 24.0 Å². The van der Waals surface area contributed by atoms with Gasteiger partial charge in [-0.05, 0) is 35.7 Å². The summed E-state index contributed by atoms with van der Waals surface area (Å²) in [6.45, 7) is 0.606. The van der Waals surface area contributed by atoms with Gasteiger partial charge >= 0.3 is 0 Å². The van der Waals surface area contributed by atoms with E-state index in [2.05, 4.69) is 9.97 Å². The van der Waals surface area contributed by atoms with E-state index in [4.69, 9.17) is 11.5 Å². The molecular formula is C18H15N5O2. The van der Waals surface area contributed by atoms with Crippen molar-refractivity contribution < 1.29 is 9.59 Å². The number of amides is 2. The number of fused-ring (bicyclic) bond motifs is 2. The summed E-state index contributed by atoms with van der Waals surface area (Å²) in [4.78, 5) is 33.4. The lowest BCUT2D eigenvalue weighted by molar-refractivity contribution is -0.107. The Kier molecular flexibility index (Phi) is 3.35. The molecule has 0 fully saturated rings. The van der Waals surface area contributed by atoms with Crippen LogP contribution in [-0.2, 0) is 11.2 Å². The summed E-state index contributed by atoms with van der Waals surface area (Å²) in [6.07, 6.45) is 3.17. The lowest BCUT2D eigenvalue weighted by Crippen LogP contribution is -2.17. The molecule has 25 heavy (non-hydrogen) atoms. The molecule has 0 aliphatic carbocycles. The zero-order chi connectivity index (χ0) is 17.6. The van der Waals surface area contributed by atoms with Gasteiger partial charge < -0.3 is 16.4 Å². The SMILES string of the molecule is NC(=O)c1nc2cccnc2c(-c2cccc3c2CCN3C=O)c1N. The maximum Gasteiger partial charge on any atom is 0.269 e. The summed E-state index contributed by atoms with van der Waals surface area (Å²) in [7, 11) is 0. The van der Waals surface area contributed by atoms with Gasteiger partial charge in [0.25, 0.3) is 5.91 Å². The second-order valence-corrected chi connectivity index (χ2v) is 5.84. The molecule has 1 aromatic carbocycles. The van der Waals surface area contributed by atoms with E-state index in [0.29, 0.717) is 29.6 Å². The van der Waals surface area contributed by atoms with Crippen LogP contribution in [0.4, 0.5) is 11.4 Å². The van der Waals surface area contributed by atoms with Gasteiger partial charge in [-0.1, -0.05) is 12.1 Å². The number of nitrogen functional groups attached to an aromatic ring is 1. The summed E-state index contributed by atoms with van der Waals surface area (Å²) in [5, 5.41) is 0. The number of primary amides is 1. The maximum atomic E-state index is 11.8. The molecule has 0 spiro atoms. The van der Waals surface area contributed by atoms with Crippen LogP contribution >= 0.6 is 0 Å². The molecule has 2 amide bonds. The third kappa shape index (κ3) is 2.20. The van der Waals surface area contributed by atoms with Crippen molar-refractivity contribution in [2.75, 3.05) is 17.2 Å². The van der Waals surface area contributed by atoms with Crippen LogP contribution < -0.4 is 16.4 Å². The van der Waals surface area contributed by atoms with E-state index in [9.17, 15) is 9.59 Å². The van der Waals surface area contributed by atoms with Gasteiger partial charge in [0.2, 0.25) is 6.41 Å². The van der Waals surface area contributed by atoms with Crippen molar-refractivity contribution in [2.24, 2.45) is 5.73 Å². The molecule has 0 saturated heterocycles. The highest BCUT2D eigenvalue weighted by Crippen LogP contribution is 2.41. The van der Waals surface area contributed by atoms with Crippen LogP contribution in [0.25, 0.3) is 22.2 Å². The Hall–Kier alpha value is -3.48. The molecular weight excluding hydrogens is 318 g/mol. The van der Waals surface area contributed by atoms with Crippen LogP contribution in [0, 0.1) is 0 Å². The largest absolute Gasteiger partial charge is 0.396 e. The minimum atomic E-state index is -0.688. The van der Waals surface area contributed by atoms with E-state index >= 15 is 0 Å². The quantitative estimate of drug-likeness (QED) is 0.705. The first-order valence-electron chi connectivity index (χ1n) is 7.80. The van der Waals surface area contributed by atoms with Crippen LogP contribution in [0.1, 0.15) is 16.1 Å². The number of hydrogen-bond donors (Lipinski definition) is 2. The molecule has 0 unspecified atom stereocenters. The van der Waals surface area contributed by atoms with Gasteiger partial charge in [-0.3, -0.25) is 14.6 Å². The second kappa shape index (κ2) is 5.55. The summed E-state index contributed by atoms with van der Waals surface area (Å²) < 4.78 is 0. The van der Waals surface area contributed by atoms with Crippen LogP contribution in [0.5, 0.6) is 0 Å². The average molecular weight is 333 g/mol. The molecule has 0 radical (unpaired) electrons. The fourth-order valence-corrected chi connectivity index (χ4v) is 3.37. The number of benzene rings is 1. The first-order chi connectivity index (χ1) is 12.1. The summed E-state index contributed by atoms with van der Waals surface area (Å²) in [5.41, 5.74) is 16.4. The molecule has 3 aromatic rings. The molecule has 7 nitrogen and oxygen atoms in total. The summed E-state index contributed by atoms with van der Waals surface area (Å²) in [6, 6.07) is 9.16. The third-order valence-corrected chi connectivity index (χ3v) is 4.47. The topological polar surface area (TPSA) is 115 Å². The van der Waals surface area contributed by atoms with Gasteiger partial charge in [-0.25, -0.2) is 4.98 Å². The first-order valence-corrected chi connectivity index (χ1v) is 7.80. The Morgan fingerprint density at radius 2 is 2.08 bits per heavy atom. The predicted octanol–water partition coefficient (Wildman–Crippen LogP) is 1.50. The number of hydrogen-bond acceptors (Lipinski definition) is 5. The number of nitrogens with zero attached hydrogens (tertiary/aromatic N) is 3. The van der Waals surface area contributed by atoms with Crippen molar-refractivity contribution in [2.45, 2.75) is 6.42 Å². The molecule has 1 aliphatic heterocycles. The Morgan fingerprint density at radius 1 is 1.24 bits per heavy atom. The third-order valence-electron chi connectivity index (χ3n) is 4.47. The fourth-order valence-electron chi connectivity index (χ4n) is 3.37. The van der Waals surface area contributed by atoms with E-state index in [1.165, 1.54) is 0 Å². The minimum absolute atomic E-state index is 0.0262. The Morgan fingerprint density at radius 3 is 2.84 bits per heavy atom. The highest BCUT2D eigenvalue weighted by molar-refractivity contribution is 6.08. The molecule has 4 rings (SSSR count). The molecule has 0 atom stereocenters. The van der Waals surface area contributed by atoms with Crippen molar-refractivity contribution in [1.29, 1.82) is 0 Å². The van der Waals surface area contributed by atoms with Gasteiger partial charge in [0.05, 0.1) is 16.7 Å². The normalized spacial score (nSPS) is 13.0. The minimum Gasteiger partial charge on any atom is -0.396 e. The molecule has 124 valence electrons. The van der Waals surface area contributed by atoms with Crippen LogP contribution in [0.2, 0.25) is 0 Å². The lowest BCUT2D eigenvalue weighted by Gasteiger charge is -2.16. The molecule has 4 N–H and O–H groups in total. The lowest BCUT2D eigenvalue weighted by atomic mass is 9.94. The number of carbonyl (C=O) groups excluding carboxylic acids is 2. The number of aromatic nitrogens is 2. The van der Waals surface area contributed by atoms with Crippen molar-refractivity contribution in [3.05, 3.63) is 47.8 Å². The number of rotatable bonds is 3. The van der Waals surface area contributed by atoms with Crippen LogP contribution in [0.15, 0.2) is 36.5 Å². The smallest absolute Gasteiger partial charge is 0.269 e. The fraction of sp³-hybridized carbons (Fsp3) is 0.111. The molecule has 1 aliphatic rings. The predicted molar refractivity (Wildman–Crippen MR) is 95.0 cm³/mol. The molecule has 7 heteroatoms. The van der Waals surface area contributed by atoms with Crippen molar-refractivity contribution >= 4 is 34.7 Å². The van der Waals surface area contributed by atoms with Gasteiger partial charge in [-0.2, -0.15) is 0 Å². The van der Waals surface area contributed by atoms with E-state index in [1.54, 1.807) is 23.2 Å². The zero-order valence-corrected chi connectivity index (χ0v) is 13.3. The Labute approximate surface area is 143 Å². The average Bonchev–Trinajstić information content (AvgIpc) is 3.04. The molecule has 0 saturated carbocycles. The monoisotopic (exact) mass is 333 g/mol. The molecule has 2 aromatic heterocycles. The Bertz CT molecular complexity index is 1030. The van der Waals surface area contributed by atoms with Crippen molar-refractivity contribution in [1.82, 2.24) is 9.97 Å². The van der Waals surface area contributed by atoms with E-state index in [0.717, 1.165) is 23.2 Å². The van der Waals surface area contributed by atoms with E-state index in [1.807, 2.05) is 18.2 Å². The standard InChI is InChI=1S/C18H15N5O2/c19-15-14(11-3-1-5-13-10(11)6-8-23(13)9-24)16-12(4-2-7-21-16)22-17(15)18(20)25/h1-5,7,9H,6,8,19H2,(H2,20,25). The van der Waals surface area contributed by atoms with Crippen molar-refractivity contribution in [3.63, 3.8) is 0 Å². The highest BCUT2D eigenvalue weighted by atomic mass is 16.1. The zero-order valence-electron chi connectivity index (χ0n) is 13.3. The van der Waals surface area contributed by atoms with E-state index < -0.39 is 5.91 Å². The summed E-state index contributed by atoms with van der Waals surface area (Å²) in [5.74, 6) is -0.688. The Balaban J connectivity index is 2.09. The molecule has 3 heterocycles. The van der Waals surface area contributed by atoms with Gasteiger partial charge in [0.1, 0.15) is 0 Å². The highest BCUT2D eigenvalue weighted by Gasteiger charge is 2.25. The maximum absolute atomic E-state index is 11.8. The molecule has 0 bridgehead atoms.